The summed E-state index contributed by atoms with van der Waals surface area (Å²) in [7, 11) is 1.87. The molecule has 19 heavy (non-hydrogen) atoms. The van der Waals surface area contributed by atoms with Gasteiger partial charge in [-0.3, -0.25) is 0 Å². The molecule has 2 rings (SSSR count). The molecule has 4 heteroatoms. The van der Waals surface area contributed by atoms with Crippen molar-refractivity contribution in [2.45, 2.75) is 12.5 Å². The molecule has 1 nitrogen and oxygen atoms in total. The second-order valence-electron chi connectivity index (χ2n) is 4.30. The molecule has 1 unspecified atom stereocenters. The van der Waals surface area contributed by atoms with Gasteiger partial charge in [-0.2, -0.15) is 0 Å². The average Bonchev–Trinajstić information content (AvgIpc) is 2.40. The molecular weight excluding hydrogens is 376 g/mol. The molecule has 2 aromatic carbocycles. The van der Waals surface area contributed by atoms with E-state index >= 15 is 0 Å². The summed E-state index contributed by atoms with van der Waals surface area (Å²) in [6.07, 6.45) is 0.530. The van der Waals surface area contributed by atoms with Crippen molar-refractivity contribution in [2.24, 2.45) is 0 Å². The lowest BCUT2D eigenvalue weighted by atomic mass is 9.98. The van der Waals surface area contributed by atoms with Crippen LogP contribution in [0.15, 0.2) is 42.5 Å². The van der Waals surface area contributed by atoms with Gasteiger partial charge in [-0.25, -0.2) is 4.39 Å². The largest absolute Gasteiger partial charge is 0.313 e. The summed E-state index contributed by atoms with van der Waals surface area (Å²) in [6, 6.07) is 13.0. The smallest absolute Gasteiger partial charge is 0.127 e. The molecule has 0 amide bonds. The molecular formula is C15H14ClFIN. The molecule has 0 bridgehead atoms. The van der Waals surface area contributed by atoms with E-state index in [1.165, 1.54) is 9.64 Å². The van der Waals surface area contributed by atoms with Gasteiger partial charge in [0.25, 0.3) is 0 Å². The lowest BCUT2D eigenvalue weighted by molar-refractivity contribution is 0.554. The maximum atomic E-state index is 13.8. The fourth-order valence-corrected chi connectivity index (χ4v) is 2.61. The minimum absolute atomic E-state index is 0.0476. The summed E-state index contributed by atoms with van der Waals surface area (Å²) in [4.78, 5) is 0. The van der Waals surface area contributed by atoms with Crippen LogP contribution in [0.25, 0.3) is 0 Å². The second kappa shape index (κ2) is 6.68. The first-order valence-electron chi connectivity index (χ1n) is 5.97. The molecule has 1 N–H and O–H groups in total. The number of hydrogen-bond acceptors (Lipinski definition) is 1. The van der Waals surface area contributed by atoms with E-state index in [4.69, 9.17) is 11.6 Å². The van der Waals surface area contributed by atoms with Crippen LogP contribution in [0.5, 0.6) is 0 Å². The van der Waals surface area contributed by atoms with Gasteiger partial charge in [-0.15, -0.1) is 0 Å². The number of halogens is 3. The van der Waals surface area contributed by atoms with Gasteiger partial charge < -0.3 is 5.32 Å². The summed E-state index contributed by atoms with van der Waals surface area (Å²) in [6.45, 7) is 0. The standard InChI is InChI=1S/C15H14ClFIN/c1-19-15(10-5-7-11(18)8-6-10)9-12-13(16)3-2-4-14(12)17/h2-8,15,19H,9H2,1H3. The molecule has 0 aromatic heterocycles. The van der Waals surface area contributed by atoms with Gasteiger partial charge >= 0.3 is 0 Å². The highest BCUT2D eigenvalue weighted by atomic mass is 127. The highest BCUT2D eigenvalue weighted by Crippen LogP contribution is 2.26. The highest BCUT2D eigenvalue weighted by molar-refractivity contribution is 14.1. The molecule has 0 saturated heterocycles. The molecule has 0 fully saturated rings. The van der Waals surface area contributed by atoms with Crippen LogP contribution in [0, 0.1) is 9.39 Å². The van der Waals surface area contributed by atoms with Crippen molar-refractivity contribution in [3.05, 3.63) is 68.0 Å². The SMILES string of the molecule is CNC(Cc1c(F)cccc1Cl)c1ccc(I)cc1. The van der Waals surface area contributed by atoms with Crippen LogP contribution in [0.3, 0.4) is 0 Å². The van der Waals surface area contributed by atoms with E-state index in [1.807, 2.05) is 19.2 Å². The Balaban J connectivity index is 2.26. The molecule has 0 saturated carbocycles. The van der Waals surface area contributed by atoms with Crippen LogP contribution in [0.1, 0.15) is 17.2 Å². The van der Waals surface area contributed by atoms with E-state index in [-0.39, 0.29) is 11.9 Å². The predicted octanol–water partition coefficient (Wildman–Crippen LogP) is 4.59. The van der Waals surface area contributed by atoms with Crippen LogP contribution >= 0.6 is 34.2 Å². The van der Waals surface area contributed by atoms with Crippen molar-refractivity contribution in [3.63, 3.8) is 0 Å². The van der Waals surface area contributed by atoms with E-state index in [1.54, 1.807) is 12.1 Å². The first kappa shape index (κ1) is 14.8. The minimum atomic E-state index is -0.252. The summed E-state index contributed by atoms with van der Waals surface area (Å²) in [5.41, 5.74) is 1.68. The van der Waals surface area contributed by atoms with E-state index in [0.29, 0.717) is 17.0 Å². The summed E-state index contributed by atoms with van der Waals surface area (Å²) < 4.78 is 15.0. The second-order valence-corrected chi connectivity index (χ2v) is 5.95. The molecule has 0 aliphatic rings. The Morgan fingerprint density at radius 3 is 2.47 bits per heavy atom. The molecule has 0 radical (unpaired) electrons. The van der Waals surface area contributed by atoms with E-state index in [0.717, 1.165) is 5.56 Å². The van der Waals surface area contributed by atoms with Crippen LogP contribution < -0.4 is 5.32 Å². The third-order valence-electron chi connectivity index (χ3n) is 3.09. The Labute approximate surface area is 131 Å². The molecule has 2 aromatic rings. The minimum Gasteiger partial charge on any atom is -0.313 e. The number of nitrogens with one attached hydrogen (secondary N) is 1. The van der Waals surface area contributed by atoms with Crippen molar-refractivity contribution in [2.75, 3.05) is 7.05 Å². The Hall–Kier alpha value is -0.650. The van der Waals surface area contributed by atoms with Crippen LogP contribution in [0.4, 0.5) is 4.39 Å². The number of rotatable bonds is 4. The van der Waals surface area contributed by atoms with Crippen LogP contribution in [-0.2, 0) is 6.42 Å². The molecule has 0 aliphatic carbocycles. The molecule has 0 spiro atoms. The first-order chi connectivity index (χ1) is 9.11. The third-order valence-corrected chi connectivity index (χ3v) is 4.16. The maximum absolute atomic E-state index is 13.8. The number of hydrogen-bond donors (Lipinski definition) is 1. The van der Waals surface area contributed by atoms with E-state index < -0.39 is 0 Å². The zero-order valence-electron chi connectivity index (χ0n) is 10.5. The molecule has 1 atom stereocenters. The third kappa shape index (κ3) is 3.68. The Kier molecular flexibility index (Phi) is 5.19. The maximum Gasteiger partial charge on any atom is 0.127 e. The van der Waals surface area contributed by atoms with Gasteiger partial charge in [-0.1, -0.05) is 29.8 Å². The van der Waals surface area contributed by atoms with Crippen LogP contribution in [0.2, 0.25) is 5.02 Å². The fourth-order valence-electron chi connectivity index (χ4n) is 2.01. The van der Waals surface area contributed by atoms with Crippen molar-refractivity contribution in [1.82, 2.24) is 5.32 Å². The number of benzene rings is 2. The van der Waals surface area contributed by atoms with Gasteiger partial charge in [-0.05, 0) is 65.9 Å². The van der Waals surface area contributed by atoms with Crippen molar-refractivity contribution in [1.29, 1.82) is 0 Å². The number of likely N-dealkylation sites (N-methyl/N-ethyl adjacent to an activating group) is 1. The zero-order chi connectivity index (χ0) is 13.8. The van der Waals surface area contributed by atoms with E-state index in [2.05, 4.69) is 40.0 Å². The Morgan fingerprint density at radius 1 is 1.21 bits per heavy atom. The normalized spacial score (nSPS) is 12.4. The summed E-state index contributed by atoms with van der Waals surface area (Å²) in [5, 5.41) is 3.69. The van der Waals surface area contributed by atoms with Gasteiger partial charge in [0.2, 0.25) is 0 Å². The quantitative estimate of drug-likeness (QED) is 0.754. The molecule has 0 aliphatic heterocycles. The Bertz CT molecular complexity index is 536. The van der Waals surface area contributed by atoms with Gasteiger partial charge in [0.15, 0.2) is 0 Å². The van der Waals surface area contributed by atoms with E-state index in [9.17, 15) is 4.39 Å². The highest BCUT2D eigenvalue weighted by Gasteiger charge is 2.15. The summed E-state index contributed by atoms with van der Waals surface area (Å²) >= 11 is 8.34. The molecule has 100 valence electrons. The van der Waals surface area contributed by atoms with Crippen molar-refractivity contribution in [3.8, 4) is 0 Å². The van der Waals surface area contributed by atoms with Crippen molar-refractivity contribution < 1.29 is 4.39 Å². The predicted molar refractivity (Wildman–Crippen MR) is 86.1 cm³/mol. The summed E-state index contributed by atoms with van der Waals surface area (Å²) in [5.74, 6) is -0.252. The van der Waals surface area contributed by atoms with Gasteiger partial charge in [0, 0.05) is 20.2 Å². The molecule has 0 heterocycles. The topological polar surface area (TPSA) is 12.0 Å². The zero-order valence-corrected chi connectivity index (χ0v) is 13.4. The average molecular weight is 390 g/mol. The lowest BCUT2D eigenvalue weighted by Crippen LogP contribution is -2.19. The van der Waals surface area contributed by atoms with Gasteiger partial charge in [0.1, 0.15) is 5.82 Å². The fraction of sp³-hybridized carbons (Fsp3) is 0.200. The first-order valence-corrected chi connectivity index (χ1v) is 7.43. The van der Waals surface area contributed by atoms with Crippen molar-refractivity contribution >= 4 is 34.2 Å². The lowest BCUT2D eigenvalue weighted by Gasteiger charge is -2.18. The monoisotopic (exact) mass is 389 g/mol. The van der Waals surface area contributed by atoms with Gasteiger partial charge in [0.05, 0.1) is 0 Å². The Morgan fingerprint density at radius 2 is 1.89 bits per heavy atom. The van der Waals surface area contributed by atoms with Crippen LogP contribution in [-0.4, -0.2) is 7.05 Å².